The van der Waals surface area contributed by atoms with Gasteiger partial charge in [0.05, 0.1) is 0 Å². The van der Waals surface area contributed by atoms with Gasteiger partial charge in [-0.25, -0.2) is 4.39 Å². The van der Waals surface area contributed by atoms with Crippen LogP contribution in [0.25, 0.3) is 11.0 Å². The molecule has 1 aromatic heterocycles. The number of rotatable bonds is 3. The second kappa shape index (κ2) is 4.53. The maximum absolute atomic E-state index is 13.5. The van der Waals surface area contributed by atoms with Gasteiger partial charge in [0.1, 0.15) is 0 Å². The van der Waals surface area contributed by atoms with Crippen LogP contribution < -0.4 is 5.32 Å². The Balaban J connectivity index is 1.85. The average Bonchev–Trinajstić information content (AvgIpc) is 2.97. The van der Waals surface area contributed by atoms with E-state index in [-0.39, 0.29) is 17.1 Å². The first-order valence-electron chi connectivity index (χ1n) is 6.16. The number of hydrogen-bond acceptors (Lipinski definition) is 3. The number of carbonyl (C=O) groups is 1. The lowest BCUT2D eigenvalue weighted by Gasteiger charge is -2.04. The van der Waals surface area contributed by atoms with Crippen LogP contribution in [0, 0.1) is 11.7 Å². The molecule has 2 heterocycles. The van der Waals surface area contributed by atoms with Gasteiger partial charge in [0.15, 0.2) is 22.9 Å². The van der Waals surface area contributed by atoms with Crippen LogP contribution in [-0.4, -0.2) is 18.9 Å². The highest BCUT2D eigenvalue weighted by Crippen LogP contribution is 2.24. The van der Waals surface area contributed by atoms with Crippen LogP contribution in [0.1, 0.15) is 23.4 Å². The molecule has 4 heteroatoms. The molecule has 1 aliphatic rings. The van der Waals surface area contributed by atoms with Crippen molar-refractivity contribution in [3.8, 4) is 0 Å². The van der Waals surface area contributed by atoms with Gasteiger partial charge in [-0.3, -0.25) is 4.79 Å². The number of hydrogen-bond donors (Lipinski definition) is 1. The number of benzene rings is 1. The molecule has 0 spiro atoms. The first kappa shape index (κ1) is 11.4. The Morgan fingerprint density at radius 1 is 1.50 bits per heavy atom. The summed E-state index contributed by atoms with van der Waals surface area (Å²) in [6, 6.07) is 6.32. The van der Waals surface area contributed by atoms with Crippen LogP contribution >= 0.6 is 0 Å². The Hall–Kier alpha value is -1.68. The molecule has 1 N–H and O–H groups in total. The molecule has 1 aliphatic heterocycles. The Morgan fingerprint density at radius 2 is 2.39 bits per heavy atom. The molecular formula is C14H14FNO2. The molecule has 1 saturated heterocycles. The predicted molar refractivity (Wildman–Crippen MR) is 66.1 cm³/mol. The number of para-hydroxylation sites is 1. The second-order valence-corrected chi connectivity index (χ2v) is 4.75. The normalized spacial score (nSPS) is 19.5. The Morgan fingerprint density at radius 3 is 3.11 bits per heavy atom. The minimum Gasteiger partial charge on any atom is -0.450 e. The lowest BCUT2D eigenvalue weighted by molar-refractivity contribution is 0.0939. The molecule has 1 aromatic carbocycles. The van der Waals surface area contributed by atoms with E-state index in [1.807, 2.05) is 0 Å². The Kier molecular flexibility index (Phi) is 2.88. The molecule has 2 aromatic rings. The quantitative estimate of drug-likeness (QED) is 0.848. The lowest BCUT2D eigenvalue weighted by atomic mass is 10.0. The van der Waals surface area contributed by atoms with Crippen LogP contribution in [0.3, 0.4) is 0 Å². The van der Waals surface area contributed by atoms with Gasteiger partial charge in [-0.1, -0.05) is 12.1 Å². The van der Waals surface area contributed by atoms with Crippen LogP contribution in [-0.2, 0) is 0 Å². The smallest absolute Gasteiger partial charge is 0.198 e. The summed E-state index contributed by atoms with van der Waals surface area (Å²) in [5, 5.41) is 3.86. The van der Waals surface area contributed by atoms with Gasteiger partial charge in [0.2, 0.25) is 0 Å². The van der Waals surface area contributed by atoms with E-state index in [0.717, 1.165) is 19.5 Å². The summed E-state index contributed by atoms with van der Waals surface area (Å²) in [4.78, 5) is 12.0. The Bertz CT molecular complexity index is 584. The highest BCUT2D eigenvalue weighted by molar-refractivity contribution is 5.97. The van der Waals surface area contributed by atoms with Crippen LogP contribution in [0.4, 0.5) is 4.39 Å². The standard InChI is InChI=1S/C14H14FNO2/c15-11-3-1-2-10-7-13(18-14(10)11)12(17)6-9-4-5-16-8-9/h1-3,7,9,16H,4-6,8H2. The molecule has 3 rings (SSSR count). The Labute approximate surface area is 104 Å². The summed E-state index contributed by atoms with van der Waals surface area (Å²) in [7, 11) is 0. The molecule has 18 heavy (non-hydrogen) atoms. The largest absolute Gasteiger partial charge is 0.450 e. The first-order valence-corrected chi connectivity index (χ1v) is 6.16. The maximum atomic E-state index is 13.5. The van der Waals surface area contributed by atoms with Gasteiger partial charge < -0.3 is 9.73 Å². The molecule has 94 valence electrons. The molecule has 3 nitrogen and oxygen atoms in total. The number of nitrogens with one attached hydrogen (secondary N) is 1. The van der Waals surface area contributed by atoms with Gasteiger partial charge in [0.25, 0.3) is 0 Å². The summed E-state index contributed by atoms with van der Waals surface area (Å²) >= 11 is 0. The van der Waals surface area contributed by atoms with Gasteiger partial charge in [0, 0.05) is 11.8 Å². The zero-order valence-corrected chi connectivity index (χ0v) is 9.91. The highest BCUT2D eigenvalue weighted by Gasteiger charge is 2.21. The van der Waals surface area contributed by atoms with E-state index in [0.29, 0.717) is 17.7 Å². The fourth-order valence-electron chi connectivity index (χ4n) is 2.42. The van der Waals surface area contributed by atoms with Crippen LogP contribution in [0.15, 0.2) is 28.7 Å². The van der Waals surface area contributed by atoms with Crippen molar-refractivity contribution in [3.63, 3.8) is 0 Å². The van der Waals surface area contributed by atoms with E-state index in [1.165, 1.54) is 6.07 Å². The number of fused-ring (bicyclic) bond motifs is 1. The molecule has 0 amide bonds. The SMILES string of the molecule is O=C(CC1CCNC1)c1cc2cccc(F)c2o1. The van der Waals surface area contributed by atoms with Crippen molar-refractivity contribution in [2.75, 3.05) is 13.1 Å². The highest BCUT2D eigenvalue weighted by atomic mass is 19.1. The van der Waals surface area contributed by atoms with Crippen molar-refractivity contribution >= 4 is 16.8 Å². The van der Waals surface area contributed by atoms with Crippen molar-refractivity contribution in [1.29, 1.82) is 0 Å². The number of furan rings is 1. The molecule has 1 fully saturated rings. The number of ketones is 1. The molecule has 0 bridgehead atoms. The molecule has 0 radical (unpaired) electrons. The maximum Gasteiger partial charge on any atom is 0.198 e. The third-order valence-electron chi connectivity index (χ3n) is 3.41. The van der Waals surface area contributed by atoms with Crippen molar-refractivity contribution in [2.24, 2.45) is 5.92 Å². The number of halogens is 1. The van der Waals surface area contributed by atoms with E-state index in [1.54, 1.807) is 18.2 Å². The first-order chi connectivity index (χ1) is 8.74. The molecule has 0 saturated carbocycles. The third-order valence-corrected chi connectivity index (χ3v) is 3.41. The predicted octanol–water partition coefficient (Wildman–Crippen LogP) is 2.75. The molecule has 0 aliphatic carbocycles. The van der Waals surface area contributed by atoms with Gasteiger partial charge in [-0.15, -0.1) is 0 Å². The minimum absolute atomic E-state index is 0.0423. The fourth-order valence-corrected chi connectivity index (χ4v) is 2.42. The zero-order valence-electron chi connectivity index (χ0n) is 9.91. The van der Waals surface area contributed by atoms with E-state index < -0.39 is 5.82 Å². The van der Waals surface area contributed by atoms with Gasteiger partial charge in [-0.2, -0.15) is 0 Å². The number of Topliss-reactive ketones (excluding diaryl/α,β-unsaturated/α-hetero) is 1. The summed E-state index contributed by atoms with van der Waals surface area (Å²) in [5.41, 5.74) is 0.172. The summed E-state index contributed by atoms with van der Waals surface area (Å²) < 4.78 is 18.8. The average molecular weight is 247 g/mol. The van der Waals surface area contributed by atoms with Crippen LogP contribution in [0.2, 0.25) is 0 Å². The fraction of sp³-hybridized carbons (Fsp3) is 0.357. The summed E-state index contributed by atoms with van der Waals surface area (Å²) in [6.07, 6.45) is 1.48. The third kappa shape index (κ3) is 2.04. The number of carbonyl (C=O) groups excluding carboxylic acids is 1. The summed E-state index contributed by atoms with van der Waals surface area (Å²) in [6.45, 7) is 1.84. The lowest BCUT2D eigenvalue weighted by Crippen LogP contribution is -2.12. The van der Waals surface area contributed by atoms with E-state index >= 15 is 0 Å². The monoisotopic (exact) mass is 247 g/mol. The van der Waals surface area contributed by atoms with Gasteiger partial charge in [-0.05, 0) is 37.6 Å². The molecule has 1 unspecified atom stereocenters. The second-order valence-electron chi connectivity index (χ2n) is 4.75. The topological polar surface area (TPSA) is 42.2 Å². The van der Waals surface area contributed by atoms with Crippen LogP contribution in [0.5, 0.6) is 0 Å². The van der Waals surface area contributed by atoms with E-state index in [9.17, 15) is 9.18 Å². The van der Waals surface area contributed by atoms with Crippen molar-refractivity contribution in [1.82, 2.24) is 5.32 Å². The van der Waals surface area contributed by atoms with Gasteiger partial charge >= 0.3 is 0 Å². The minimum atomic E-state index is -0.422. The molecular weight excluding hydrogens is 233 g/mol. The van der Waals surface area contributed by atoms with Crippen molar-refractivity contribution in [2.45, 2.75) is 12.8 Å². The zero-order chi connectivity index (χ0) is 12.5. The van der Waals surface area contributed by atoms with Crippen molar-refractivity contribution < 1.29 is 13.6 Å². The summed E-state index contributed by atoms with van der Waals surface area (Å²) in [5.74, 6) is 0.172. The van der Waals surface area contributed by atoms with Crippen molar-refractivity contribution in [3.05, 3.63) is 35.8 Å². The van der Waals surface area contributed by atoms with E-state index in [2.05, 4.69) is 5.32 Å². The van der Waals surface area contributed by atoms with E-state index in [4.69, 9.17) is 4.42 Å². The molecule has 1 atom stereocenters.